The number of carbonyl (C=O) groups is 1. The van der Waals surface area contributed by atoms with Gasteiger partial charge >= 0.3 is 5.97 Å². The molecule has 0 radical (unpaired) electrons. The zero-order chi connectivity index (χ0) is 19.8. The number of fused-ring (bicyclic) bond motifs is 1. The van der Waals surface area contributed by atoms with Crippen LogP contribution in [0.2, 0.25) is 5.02 Å². The standard InChI is InChI=1S/C16H16ClN5O4S/c1-9(2)26-14(23)11-5-4-6-12(17)13(11)21-27(24,25)16-19-15-18-8-7-10(3)22(15)20-16/h4-9,21H,1-3H3. The van der Waals surface area contributed by atoms with Crippen LogP contribution in [0.4, 0.5) is 5.69 Å². The Morgan fingerprint density at radius 1 is 1.30 bits per heavy atom. The van der Waals surface area contributed by atoms with E-state index in [1.54, 1.807) is 26.8 Å². The number of esters is 1. The number of aromatic nitrogens is 4. The summed E-state index contributed by atoms with van der Waals surface area (Å²) in [7, 11) is -4.22. The Bertz CT molecular complexity index is 1130. The second-order valence-corrected chi connectivity index (χ2v) is 7.90. The number of aryl methyl sites for hydroxylation is 1. The van der Waals surface area contributed by atoms with Crippen LogP contribution >= 0.6 is 11.6 Å². The predicted molar refractivity (Wildman–Crippen MR) is 98.3 cm³/mol. The number of benzene rings is 1. The first-order valence-corrected chi connectivity index (χ1v) is 9.76. The van der Waals surface area contributed by atoms with Gasteiger partial charge in [-0.3, -0.25) is 4.72 Å². The van der Waals surface area contributed by atoms with Gasteiger partial charge in [-0.05, 0) is 39.0 Å². The normalized spacial score (nSPS) is 11.7. The van der Waals surface area contributed by atoms with E-state index in [0.29, 0.717) is 5.69 Å². The van der Waals surface area contributed by atoms with Crippen molar-refractivity contribution in [3.8, 4) is 0 Å². The van der Waals surface area contributed by atoms with Gasteiger partial charge in [-0.1, -0.05) is 17.7 Å². The third-order valence-corrected chi connectivity index (χ3v) is 4.90. The van der Waals surface area contributed by atoms with Gasteiger partial charge in [-0.15, -0.1) is 5.10 Å². The summed E-state index contributed by atoms with van der Waals surface area (Å²) in [5, 5.41) is 3.51. The van der Waals surface area contributed by atoms with Crippen LogP contribution in [0.3, 0.4) is 0 Å². The summed E-state index contributed by atoms with van der Waals surface area (Å²) >= 11 is 6.11. The molecule has 2 aromatic heterocycles. The number of halogens is 1. The lowest BCUT2D eigenvalue weighted by Gasteiger charge is -2.13. The maximum Gasteiger partial charge on any atom is 0.340 e. The van der Waals surface area contributed by atoms with Gasteiger partial charge in [0.1, 0.15) is 0 Å². The second kappa shape index (κ2) is 7.12. The number of carbonyl (C=O) groups excluding carboxylic acids is 1. The topological polar surface area (TPSA) is 116 Å². The third kappa shape index (κ3) is 3.86. The monoisotopic (exact) mass is 409 g/mol. The van der Waals surface area contributed by atoms with Crippen molar-refractivity contribution in [1.29, 1.82) is 0 Å². The van der Waals surface area contributed by atoms with Crippen molar-refractivity contribution in [2.24, 2.45) is 0 Å². The van der Waals surface area contributed by atoms with Crippen molar-refractivity contribution in [1.82, 2.24) is 19.6 Å². The Labute approximate surface area is 160 Å². The van der Waals surface area contributed by atoms with E-state index >= 15 is 0 Å². The van der Waals surface area contributed by atoms with Crippen LogP contribution in [0, 0.1) is 6.92 Å². The molecular weight excluding hydrogens is 394 g/mol. The van der Waals surface area contributed by atoms with Gasteiger partial charge in [0.15, 0.2) is 0 Å². The molecule has 142 valence electrons. The molecule has 0 aliphatic carbocycles. The molecule has 0 fully saturated rings. The van der Waals surface area contributed by atoms with E-state index in [9.17, 15) is 13.2 Å². The molecule has 3 rings (SSSR count). The van der Waals surface area contributed by atoms with Crippen molar-refractivity contribution >= 4 is 39.1 Å². The first-order chi connectivity index (χ1) is 12.7. The highest BCUT2D eigenvalue weighted by molar-refractivity contribution is 7.92. The average Bonchev–Trinajstić information content (AvgIpc) is 3.02. The smallest absolute Gasteiger partial charge is 0.340 e. The summed E-state index contributed by atoms with van der Waals surface area (Å²) in [6.07, 6.45) is 1.12. The van der Waals surface area contributed by atoms with Gasteiger partial charge < -0.3 is 4.74 Å². The van der Waals surface area contributed by atoms with Crippen molar-refractivity contribution in [2.75, 3.05) is 4.72 Å². The van der Waals surface area contributed by atoms with Crippen LogP contribution in [-0.4, -0.2) is 40.1 Å². The van der Waals surface area contributed by atoms with Gasteiger partial charge in [-0.2, -0.15) is 13.4 Å². The maximum absolute atomic E-state index is 12.7. The molecule has 2 heterocycles. The van der Waals surface area contributed by atoms with E-state index < -0.39 is 21.1 Å². The molecule has 0 atom stereocenters. The summed E-state index contributed by atoms with van der Waals surface area (Å²) < 4.78 is 34.2. The zero-order valence-corrected chi connectivity index (χ0v) is 16.2. The fraction of sp³-hybridized carbons (Fsp3) is 0.250. The van der Waals surface area contributed by atoms with Gasteiger partial charge in [0.05, 0.1) is 22.4 Å². The van der Waals surface area contributed by atoms with Gasteiger partial charge in [-0.25, -0.2) is 14.3 Å². The highest BCUT2D eigenvalue weighted by Crippen LogP contribution is 2.29. The fourth-order valence-electron chi connectivity index (χ4n) is 2.26. The van der Waals surface area contributed by atoms with Gasteiger partial charge in [0, 0.05) is 11.9 Å². The van der Waals surface area contributed by atoms with Crippen LogP contribution < -0.4 is 4.72 Å². The second-order valence-electron chi connectivity index (χ2n) is 5.91. The first kappa shape index (κ1) is 19.1. The SMILES string of the molecule is Cc1ccnc2nc(S(=O)(=O)Nc3c(Cl)cccc3C(=O)OC(C)C)nn12. The van der Waals surface area contributed by atoms with Crippen molar-refractivity contribution in [3.63, 3.8) is 0 Å². The van der Waals surface area contributed by atoms with Crippen LogP contribution in [0.1, 0.15) is 29.9 Å². The minimum atomic E-state index is -4.22. The first-order valence-electron chi connectivity index (χ1n) is 7.90. The molecule has 0 amide bonds. The number of hydrogen-bond acceptors (Lipinski definition) is 7. The minimum absolute atomic E-state index is 0.0159. The molecule has 27 heavy (non-hydrogen) atoms. The summed E-state index contributed by atoms with van der Waals surface area (Å²) in [6, 6.07) is 6.05. The number of anilines is 1. The lowest BCUT2D eigenvalue weighted by atomic mass is 10.2. The summed E-state index contributed by atoms with van der Waals surface area (Å²) in [5.41, 5.74) is 0.541. The largest absolute Gasteiger partial charge is 0.459 e. The van der Waals surface area contributed by atoms with E-state index in [1.807, 2.05) is 0 Å². The summed E-state index contributed by atoms with van der Waals surface area (Å²) in [4.78, 5) is 20.2. The molecule has 3 aromatic rings. The fourth-order valence-corrected chi connectivity index (χ4v) is 3.51. The van der Waals surface area contributed by atoms with Crippen LogP contribution in [-0.2, 0) is 14.8 Å². The highest BCUT2D eigenvalue weighted by atomic mass is 35.5. The Kier molecular flexibility index (Phi) is 5.03. The van der Waals surface area contributed by atoms with Gasteiger partial charge in [0.2, 0.25) is 0 Å². The molecule has 9 nitrogen and oxygen atoms in total. The van der Waals surface area contributed by atoms with Crippen molar-refractivity contribution in [3.05, 3.63) is 46.7 Å². The molecule has 0 saturated heterocycles. The Hall–Kier alpha value is -2.72. The molecule has 0 aliphatic rings. The highest BCUT2D eigenvalue weighted by Gasteiger charge is 2.26. The molecule has 0 bridgehead atoms. The number of nitrogens with zero attached hydrogens (tertiary/aromatic N) is 4. The number of rotatable bonds is 5. The quantitative estimate of drug-likeness (QED) is 0.643. The number of nitrogens with one attached hydrogen (secondary N) is 1. The molecule has 1 aromatic carbocycles. The van der Waals surface area contributed by atoms with Gasteiger partial charge in [0.25, 0.3) is 21.0 Å². The predicted octanol–water partition coefficient (Wildman–Crippen LogP) is 2.45. The lowest BCUT2D eigenvalue weighted by Crippen LogP contribution is -2.19. The van der Waals surface area contributed by atoms with E-state index in [0.717, 1.165) is 0 Å². The summed E-state index contributed by atoms with van der Waals surface area (Å²) in [6.45, 7) is 5.10. The van der Waals surface area contributed by atoms with E-state index in [1.165, 1.54) is 28.9 Å². The number of sulfonamides is 1. The molecule has 11 heteroatoms. The Balaban J connectivity index is 2.03. The Morgan fingerprint density at radius 3 is 2.70 bits per heavy atom. The Morgan fingerprint density at radius 2 is 2.04 bits per heavy atom. The number of hydrogen-bond donors (Lipinski definition) is 1. The minimum Gasteiger partial charge on any atom is -0.459 e. The van der Waals surface area contributed by atoms with Crippen molar-refractivity contribution < 1.29 is 17.9 Å². The lowest BCUT2D eigenvalue weighted by molar-refractivity contribution is 0.0379. The molecular formula is C16H16ClN5O4S. The number of para-hydroxylation sites is 1. The van der Waals surface area contributed by atoms with Crippen LogP contribution in [0.15, 0.2) is 35.6 Å². The summed E-state index contributed by atoms with van der Waals surface area (Å²) in [5.74, 6) is -0.570. The molecule has 0 aliphatic heterocycles. The third-order valence-electron chi connectivity index (χ3n) is 3.46. The molecule has 1 N–H and O–H groups in total. The molecule has 0 spiro atoms. The van der Waals surface area contributed by atoms with Crippen molar-refractivity contribution in [2.45, 2.75) is 32.0 Å². The van der Waals surface area contributed by atoms with E-state index in [4.69, 9.17) is 16.3 Å². The average molecular weight is 410 g/mol. The maximum atomic E-state index is 12.7. The van der Waals surface area contributed by atoms with E-state index in [2.05, 4.69) is 19.8 Å². The van der Waals surface area contributed by atoms with Crippen LogP contribution in [0.5, 0.6) is 0 Å². The molecule has 0 saturated carbocycles. The number of ether oxygens (including phenoxy) is 1. The van der Waals surface area contributed by atoms with Crippen LogP contribution in [0.25, 0.3) is 5.78 Å². The molecule has 0 unspecified atom stereocenters. The zero-order valence-electron chi connectivity index (χ0n) is 14.7. The van der Waals surface area contributed by atoms with E-state index in [-0.39, 0.29) is 28.2 Å².